The molecule has 0 atom stereocenters. The lowest BCUT2D eigenvalue weighted by molar-refractivity contribution is -0.126. The number of fused-ring (bicyclic) bond motifs is 1. The molecule has 19 heavy (non-hydrogen) atoms. The molecule has 1 saturated carbocycles. The van der Waals surface area contributed by atoms with Gasteiger partial charge in [-0.25, -0.2) is 4.98 Å². The van der Waals surface area contributed by atoms with Crippen molar-refractivity contribution in [3.8, 4) is 0 Å². The van der Waals surface area contributed by atoms with Crippen LogP contribution in [0.25, 0.3) is 10.2 Å². The van der Waals surface area contributed by atoms with Crippen molar-refractivity contribution in [2.24, 2.45) is 5.92 Å². The second kappa shape index (κ2) is 5.67. The Hall–Kier alpha value is -1.46. The third-order valence-corrected chi connectivity index (χ3v) is 4.09. The van der Waals surface area contributed by atoms with E-state index in [0.717, 1.165) is 21.8 Å². The van der Waals surface area contributed by atoms with Crippen LogP contribution in [0.1, 0.15) is 17.8 Å². The molecule has 3 rings (SSSR count). The second-order valence-corrected chi connectivity index (χ2v) is 5.93. The first-order chi connectivity index (χ1) is 9.31. The molecule has 100 valence electrons. The molecule has 0 aliphatic heterocycles. The molecule has 1 aliphatic rings. The van der Waals surface area contributed by atoms with Gasteiger partial charge in [-0.3, -0.25) is 4.79 Å². The van der Waals surface area contributed by atoms with Crippen LogP contribution in [0.2, 0.25) is 0 Å². The van der Waals surface area contributed by atoms with E-state index in [2.05, 4.69) is 10.3 Å². The highest BCUT2D eigenvalue weighted by Crippen LogP contribution is 2.27. The van der Waals surface area contributed by atoms with Crippen molar-refractivity contribution in [2.45, 2.75) is 19.4 Å². The van der Waals surface area contributed by atoms with Crippen molar-refractivity contribution in [1.82, 2.24) is 10.3 Å². The van der Waals surface area contributed by atoms with Crippen LogP contribution in [-0.4, -0.2) is 24.0 Å². The van der Waals surface area contributed by atoms with Gasteiger partial charge in [-0.1, -0.05) is 12.1 Å². The normalized spacial score (nSPS) is 14.7. The van der Waals surface area contributed by atoms with E-state index in [-0.39, 0.29) is 12.5 Å². The van der Waals surface area contributed by atoms with Crippen LogP contribution in [0, 0.1) is 5.92 Å². The Morgan fingerprint density at radius 2 is 2.26 bits per heavy atom. The predicted octanol–water partition coefficient (Wildman–Crippen LogP) is 2.34. The van der Waals surface area contributed by atoms with Gasteiger partial charge >= 0.3 is 0 Å². The number of benzene rings is 1. The smallest absolute Gasteiger partial charge is 0.246 e. The Morgan fingerprint density at radius 1 is 1.42 bits per heavy atom. The molecule has 0 bridgehead atoms. The van der Waals surface area contributed by atoms with Crippen molar-refractivity contribution in [2.75, 3.05) is 13.2 Å². The van der Waals surface area contributed by atoms with Gasteiger partial charge in [0.1, 0.15) is 11.6 Å². The number of thiazole rings is 1. The van der Waals surface area contributed by atoms with Gasteiger partial charge in [-0.2, -0.15) is 0 Å². The standard InChI is InChI=1S/C14H16N2O2S/c17-13(15-7-10-5-6-10)8-18-9-14-16-11-3-1-2-4-12(11)19-14/h1-4,10H,5-9H2,(H,15,17). The molecular formula is C14H16N2O2S. The summed E-state index contributed by atoms with van der Waals surface area (Å²) in [6, 6.07) is 7.99. The maximum absolute atomic E-state index is 11.5. The van der Waals surface area contributed by atoms with E-state index in [1.807, 2.05) is 24.3 Å². The van der Waals surface area contributed by atoms with Crippen molar-refractivity contribution in [3.05, 3.63) is 29.3 Å². The number of nitrogens with zero attached hydrogens (tertiary/aromatic N) is 1. The first kappa shape index (κ1) is 12.6. The zero-order valence-corrected chi connectivity index (χ0v) is 11.4. The molecule has 5 heteroatoms. The van der Waals surface area contributed by atoms with E-state index >= 15 is 0 Å². The molecule has 1 amide bonds. The van der Waals surface area contributed by atoms with Gasteiger partial charge in [-0.05, 0) is 30.9 Å². The van der Waals surface area contributed by atoms with Gasteiger partial charge in [0.05, 0.1) is 16.8 Å². The lowest BCUT2D eigenvalue weighted by Crippen LogP contribution is -2.29. The molecule has 0 spiro atoms. The molecule has 4 nitrogen and oxygen atoms in total. The Morgan fingerprint density at radius 3 is 3.05 bits per heavy atom. The number of hydrogen-bond acceptors (Lipinski definition) is 4. The fourth-order valence-corrected chi connectivity index (χ4v) is 2.75. The predicted molar refractivity (Wildman–Crippen MR) is 75.0 cm³/mol. The monoisotopic (exact) mass is 276 g/mol. The van der Waals surface area contributed by atoms with E-state index in [1.54, 1.807) is 11.3 Å². The number of hydrogen-bond donors (Lipinski definition) is 1. The highest BCUT2D eigenvalue weighted by Gasteiger charge is 2.21. The zero-order valence-electron chi connectivity index (χ0n) is 10.6. The summed E-state index contributed by atoms with van der Waals surface area (Å²) in [7, 11) is 0. The van der Waals surface area contributed by atoms with Crippen molar-refractivity contribution < 1.29 is 9.53 Å². The van der Waals surface area contributed by atoms with Gasteiger partial charge in [0.15, 0.2) is 0 Å². The number of amides is 1. The summed E-state index contributed by atoms with van der Waals surface area (Å²) in [5.41, 5.74) is 0.990. The number of para-hydroxylation sites is 1. The van der Waals surface area contributed by atoms with Gasteiger partial charge < -0.3 is 10.1 Å². The first-order valence-corrected chi connectivity index (χ1v) is 7.32. The second-order valence-electron chi connectivity index (χ2n) is 4.82. The van der Waals surface area contributed by atoms with Crippen LogP contribution in [0.3, 0.4) is 0 Å². The zero-order chi connectivity index (χ0) is 13.1. The summed E-state index contributed by atoms with van der Waals surface area (Å²) in [6.07, 6.45) is 2.49. The van der Waals surface area contributed by atoms with E-state index < -0.39 is 0 Å². The molecule has 0 radical (unpaired) electrons. The van der Waals surface area contributed by atoms with Crippen molar-refractivity contribution >= 4 is 27.5 Å². The molecule has 1 fully saturated rings. The fourth-order valence-electron chi connectivity index (χ4n) is 1.84. The topological polar surface area (TPSA) is 51.2 Å². The SMILES string of the molecule is O=C(COCc1nc2ccccc2s1)NCC1CC1. The lowest BCUT2D eigenvalue weighted by atomic mass is 10.3. The van der Waals surface area contributed by atoms with Crippen LogP contribution in [-0.2, 0) is 16.1 Å². The van der Waals surface area contributed by atoms with Crippen molar-refractivity contribution in [1.29, 1.82) is 0 Å². The first-order valence-electron chi connectivity index (χ1n) is 6.50. The van der Waals surface area contributed by atoms with Crippen LogP contribution in [0.4, 0.5) is 0 Å². The van der Waals surface area contributed by atoms with Crippen LogP contribution < -0.4 is 5.32 Å². The number of carbonyl (C=O) groups is 1. The molecular weight excluding hydrogens is 260 g/mol. The molecule has 2 aromatic rings. The summed E-state index contributed by atoms with van der Waals surface area (Å²) in [5.74, 6) is 0.668. The average Bonchev–Trinajstić information content (AvgIpc) is 3.15. The fraction of sp³-hybridized carbons (Fsp3) is 0.429. The molecule has 1 N–H and O–H groups in total. The maximum atomic E-state index is 11.5. The summed E-state index contributed by atoms with van der Waals surface area (Å²) in [6.45, 7) is 1.31. The number of carbonyl (C=O) groups excluding carboxylic acids is 1. The Balaban J connectivity index is 1.44. The molecule has 0 unspecified atom stereocenters. The highest BCUT2D eigenvalue weighted by molar-refractivity contribution is 7.18. The Labute approximate surface area is 115 Å². The molecule has 1 heterocycles. The van der Waals surface area contributed by atoms with E-state index in [1.165, 1.54) is 12.8 Å². The van der Waals surface area contributed by atoms with Gasteiger partial charge in [0.25, 0.3) is 0 Å². The number of ether oxygens (including phenoxy) is 1. The van der Waals surface area contributed by atoms with E-state index in [4.69, 9.17) is 4.74 Å². The van der Waals surface area contributed by atoms with Crippen molar-refractivity contribution in [3.63, 3.8) is 0 Å². The van der Waals surface area contributed by atoms with Crippen LogP contribution >= 0.6 is 11.3 Å². The third-order valence-electron chi connectivity index (χ3n) is 3.08. The largest absolute Gasteiger partial charge is 0.364 e. The Bertz CT molecular complexity index is 545. The summed E-state index contributed by atoms with van der Waals surface area (Å²) < 4.78 is 6.55. The minimum absolute atomic E-state index is 0.0342. The van der Waals surface area contributed by atoms with Gasteiger partial charge in [0.2, 0.25) is 5.91 Å². The van der Waals surface area contributed by atoms with Crippen LogP contribution in [0.5, 0.6) is 0 Å². The number of aromatic nitrogens is 1. The number of rotatable bonds is 6. The minimum Gasteiger partial charge on any atom is -0.364 e. The van der Waals surface area contributed by atoms with E-state index in [0.29, 0.717) is 12.5 Å². The third kappa shape index (κ3) is 3.52. The lowest BCUT2D eigenvalue weighted by Gasteiger charge is -2.03. The summed E-state index contributed by atoms with van der Waals surface area (Å²) in [5, 5.41) is 3.79. The Kier molecular flexibility index (Phi) is 3.75. The number of nitrogens with one attached hydrogen (secondary N) is 1. The average molecular weight is 276 g/mol. The molecule has 1 aromatic heterocycles. The summed E-state index contributed by atoms with van der Waals surface area (Å²) >= 11 is 1.61. The quantitative estimate of drug-likeness (QED) is 0.881. The van der Waals surface area contributed by atoms with Crippen LogP contribution in [0.15, 0.2) is 24.3 Å². The van der Waals surface area contributed by atoms with Gasteiger partial charge in [0, 0.05) is 6.54 Å². The maximum Gasteiger partial charge on any atom is 0.246 e. The summed E-state index contributed by atoms with van der Waals surface area (Å²) in [4.78, 5) is 15.9. The molecule has 0 saturated heterocycles. The minimum atomic E-state index is -0.0342. The van der Waals surface area contributed by atoms with E-state index in [9.17, 15) is 4.79 Å². The molecule has 1 aliphatic carbocycles. The van der Waals surface area contributed by atoms with Gasteiger partial charge in [-0.15, -0.1) is 11.3 Å². The molecule has 1 aromatic carbocycles. The highest BCUT2D eigenvalue weighted by atomic mass is 32.1.